The SMILES string of the molecule is CCOc1ccccc1NC(=O)/C(C#N)=C/c1ccc(CC)c([N+](=O)[O-])c1. The largest absolute Gasteiger partial charge is 0.492 e. The number of para-hydroxylation sites is 2. The molecule has 1 amide bonds. The van der Waals surface area contributed by atoms with Gasteiger partial charge in [-0.25, -0.2) is 0 Å². The number of nitro benzene ring substituents is 1. The van der Waals surface area contributed by atoms with Gasteiger partial charge in [-0.1, -0.05) is 31.2 Å². The Hall–Kier alpha value is -3.66. The molecule has 0 aliphatic carbocycles. The first-order valence-electron chi connectivity index (χ1n) is 8.42. The number of aryl methyl sites for hydroxylation is 1. The van der Waals surface area contributed by atoms with Crippen LogP contribution in [-0.2, 0) is 11.2 Å². The van der Waals surface area contributed by atoms with Crippen molar-refractivity contribution in [2.24, 2.45) is 0 Å². The number of hydrogen-bond donors (Lipinski definition) is 1. The minimum atomic E-state index is -0.619. The maximum Gasteiger partial charge on any atom is 0.273 e. The highest BCUT2D eigenvalue weighted by Crippen LogP contribution is 2.25. The summed E-state index contributed by atoms with van der Waals surface area (Å²) in [5, 5.41) is 23.2. The van der Waals surface area contributed by atoms with Crippen molar-refractivity contribution in [2.45, 2.75) is 20.3 Å². The molecule has 0 radical (unpaired) electrons. The second kappa shape index (κ2) is 9.15. The normalized spacial score (nSPS) is 10.8. The van der Waals surface area contributed by atoms with E-state index in [9.17, 15) is 20.2 Å². The molecule has 0 fully saturated rings. The van der Waals surface area contributed by atoms with Crippen molar-refractivity contribution >= 4 is 23.4 Å². The number of anilines is 1. The third kappa shape index (κ3) is 4.92. The van der Waals surface area contributed by atoms with Crippen LogP contribution in [0.25, 0.3) is 6.08 Å². The first-order chi connectivity index (χ1) is 13.0. The van der Waals surface area contributed by atoms with Crippen molar-refractivity contribution in [3.8, 4) is 11.8 Å². The highest BCUT2D eigenvalue weighted by atomic mass is 16.6. The zero-order chi connectivity index (χ0) is 19.8. The van der Waals surface area contributed by atoms with Gasteiger partial charge in [0.25, 0.3) is 11.6 Å². The maximum absolute atomic E-state index is 12.5. The van der Waals surface area contributed by atoms with E-state index >= 15 is 0 Å². The van der Waals surface area contributed by atoms with Gasteiger partial charge in [-0.2, -0.15) is 5.26 Å². The molecule has 7 nitrogen and oxygen atoms in total. The summed E-state index contributed by atoms with van der Waals surface area (Å²) < 4.78 is 5.45. The molecule has 27 heavy (non-hydrogen) atoms. The average Bonchev–Trinajstić information content (AvgIpc) is 2.67. The molecule has 0 heterocycles. The van der Waals surface area contributed by atoms with Gasteiger partial charge in [-0.05, 0) is 37.1 Å². The van der Waals surface area contributed by atoms with Crippen LogP contribution in [0.2, 0.25) is 0 Å². The van der Waals surface area contributed by atoms with Crippen molar-refractivity contribution < 1.29 is 14.5 Å². The van der Waals surface area contributed by atoms with Crippen LogP contribution < -0.4 is 10.1 Å². The lowest BCUT2D eigenvalue weighted by molar-refractivity contribution is -0.385. The summed E-state index contributed by atoms with van der Waals surface area (Å²) in [4.78, 5) is 23.2. The minimum Gasteiger partial charge on any atom is -0.492 e. The number of nitrogens with zero attached hydrogens (tertiary/aromatic N) is 2. The molecule has 2 aromatic rings. The van der Waals surface area contributed by atoms with E-state index in [2.05, 4.69) is 5.32 Å². The molecule has 0 saturated heterocycles. The van der Waals surface area contributed by atoms with Crippen LogP contribution >= 0.6 is 0 Å². The zero-order valence-corrected chi connectivity index (χ0v) is 15.1. The van der Waals surface area contributed by atoms with Gasteiger partial charge in [0.15, 0.2) is 0 Å². The molecule has 0 bridgehead atoms. The maximum atomic E-state index is 12.5. The van der Waals surface area contributed by atoms with Crippen LogP contribution in [0.1, 0.15) is 25.0 Å². The summed E-state index contributed by atoms with van der Waals surface area (Å²) in [6.07, 6.45) is 1.84. The summed E-state index contributed by atoms with van der Waals surface area (Å²) in [6.45, 7) is 4.08. The Bertz CT molecular complexity index is 929. The van der Waals surface area contributed by atoms with E-state index in [-0.39, 0.29) is 11.3 Å². The number of amides is 1. The number of nitrogens with one attached hydrogen (secondary N) is 1. The lowest BCUT2D eigenvalue weighted by Crippen LogP contribution is -2.14. The van der Waals surface area contributed by atoms with E-state index in [1.165, 1.54) is 12.1 Å². The summed E-state index contributed by atoms with van der Waals surface area (Å²) in [6, 6.07) is 13.4. The minimum absolute atomic E-state index is 0.0364. The molecule has 2 aromatic carbocycles. The fraction of sp³-hybridized carbons (Fsp3) is 0.200. The van der Waals surface area contributed by atoms with E-state index in [4.69, 9.17) is 4.74 Å². The molecular weight excluding hydrogens is 346 g/mol. The van der Waals surface area contributed by atoms with E-state index < -0.39 is 10.8 Å². The Morgan fingerprint density at radius 2 is 2.04 bits per heavy atom. The molecule has 0 spiro atoms. The average molecular weight is 365 g/mol. The Kier molecular flexibility index (Phi) is 6.67. The number of ether oxygens (including phenoxy) is 1. The summed E-state index contributed by atoms with van der Waals surface area (Å²) in [5.41, 5.74) is 1.23. The lowest BCUT2D eigenvalue weighted by Gasteiger charge is -2.10. The predicted molar refractivity (Wildman–Crippen MR) is 102 cm³/mol. The van der Waals surface area contributed by atoms with Crippen molar-refractivity contribution in [2.75, 3.05) is 11.9 Å². The van der Waals surface area contributed by atoms with Crippen LogP contribution in [0, 0.1) is 21.4 Å². The molecule has 0 aliphatic rings. The molecule has 7 heteroatoms. The quantitative estimate of drug-likeness (QED) is 0.344. The standard InChI is InChI=1S/C20H19N3O4/c1-3-15-10-9-14(12-18(15)23(25)26)11-16(13-21)20(24)22-17-7-5-6-8-19(17)27-4-2/h5-12H,3-4H2,1-2H3,(H,22,24)/b16-11+. The lowest BCUT2D eigenvalue weighted by atomic mass is 10.0. The van der Waals surface area contributed by atoms with Gasteiger partial charge in [0.05, 0.1) is 17.2 Å². The second-order valence-electron chi connectivity index (χ2n) is 5.55. The Balaban J connectivity index is 2.31. The monoisotopic (exact) mass is 365 g/mol. The van der Waals surface area contributed by atoms with Crippen molar-refractivity contribution in [1.29, 1.82) is 5.26 Å². The van der Waals surface area contributed by atoms with Crippen LogP contribution in [0.4, 0.5) is 11.4 Å². The van der Waals surface area contributed by atoms with Gasteiger partial charge in [0, 0.05) is 11.6 Å². The third-order valence-corrected chi connectivity index (χ3v) is 3.80. The van der Waals surface area contributed by atoms with Crippen molar-refractivity contribution in [3.63, 3.8) is 0 Å². The van der Waals surface area contributed by atoms with Gasteiger partial charge in [0.2, 0.25) is 0 Å². The van der Waals surface area contributed by atoms with E-state index in [0.29, 0.717) is 35.6 Å². The van der Waals surface area contributed by atoms with E-state index in [1.807, 2.05) is 19.9 Å². The van der Waals surface area contributed by atoms with E-state index in [1.54, 1.807) is 36.4 Å². The Morgan fingerprint density at radius 1 is 1.30 bits per heavy atom. The molecule has 0 aliphatic heterocycles. The second-order valence-corrected chi connectivity index (χ2v) is 5.55. The molecule has 0 unspecified atom stereocenters. The number of nitro groups is 1. The summed E-state index contributed by atoms with van der Waals surface area (Å²) >= 11 is 0. The molecule has 0 atom stereocenters. The van der Waals surface area contributed by atoms with Crippen LogP contribution in [0.3, 0.4) is 0 Å². The number of rotatable bonds is 7. The number of hydrogen-bond acceptors (Lipinski definition) is 5. The first-order valence-corrected chi connectivity index (χ1v) is 8.42. The molecule has 1 N–H and O–H groups in total. The van der Waals surface area contributed by atoms with Crippen molar-refractivity contribution in [1.82, 2.24) is 0 Å². The zero-order valence-electron chi connectivity index (χ0n) is 15.1. The van der Waals surface area contributed by atoms with Crippen LogP contribution in [0.5, 0.6) is 5.75 Å². The molecule has 0 saturated carbocycles. The molecular formula is C20H19N3O4. The predicted octanol–water partition coefficient (Wildman–Crippen LogP) is 4.10. The Labute approximate surface area is 157 Å². The third-order valence-electron chi connectivity index (χ3n) is 3.80. The van der Waals surface area contributed by atoms with Gasteiger partial charge < -0.3 is 10.1 Å². The Morgan fingerprint density at radius 3 is 2.67 bits per heavy atom. The topological polar surface area (TPSA) is 105 Å². The van der Waals surface area contributed by atoms with Crippen molar-refractivity contribution in [3.05, 3.63) is 69.3 Å². The van der Waals surface area contributed by atoms with Gasteiger partial charge in [0.1, 0.15) is 17.4 Å². The van der Waals surface area contributed by atoms with Crippen LogP contribution in [-0.4, -0.2) is 17.4 Å². The molecule has 0 aromatic heterocycles. The highest BCUT2D eigenvalue weighted by molar-refractivity contribution is 6.10. The number of carbonyl (C=O) groups is 1. The highest BCUT2D eigenvalue weighted by Gasteiger charge is 2.15. The summed E-state index contributed by atoms with van der Waals surface area (Å²) in [5.74, 6) is -0.125. The number of nitriles is 1. The first kappa shape index (κ1) is 19.7. The number of benzene rings is 2. The molecule has 138 valence electrons. The molecule has 2 rings (SSSR count). The summed E-state index contributed by atoms with van der Waals surface area (Å²) in [7, 11) is 0. The van der Waals surface area contributed by atoms with Gasteiger partial charge in [-0.15, -0.1) is 0 Å². The van der Waals surface area contributed by atoms with Crippen LogP contribution in [0.15, 0.2) is 48.0 Å². The van der Waals surface area contributed by atoms with Gasteiger partial charge >= 0.3 is 0 Å². The van der Waals surface area contributed by atoms with Gasteiger partial charge in [-0.3, -0.25) is 14.9 Å². The van der Waals surface area contributed by atoms with E-state index in [0.717, 1.165) is 0 Å². The smallest absolute Gasteiger partial charge is 0.273 e. The number of carbonyl (C=O) groups excluding carboxylic acids is 1. The fourth-order valence-corrected chi connectivity index (χ4v) is 2.50. The fourth-order valence-electron chi connectivity index (χ4n) is 2.50.